The van der Waals surface area contributed by atoms with E-state index in [4.69, 9.17) is 15.6 Å². The number of piperazine rings is 1. The van der Waals surface area contributed by atoms with Crippen molar-refractivity contribution >= 4 is 18.1 Å². The van der Waals surface area contributed by atoms with Crippen LogP contribution in [0.3, 0.4) is 0 Å². The van der Waals surface area contributed by atoms with E-state index in [-0.39, 0.29) is 31.0 Å². The van der Waals surface area contributed by atoms with Crippen LogP contribution in [0.2, 0.25) is 0 Å². The molecule has 7 N–H and O–H groups in total. The van der Waals surface area contributed by atoms with E-state index in [0.29, 0.717) is 43.5 Å². The number of hydrogen-bond donors (Lipinski definition) is 4. The van der Waals surface area contributed by atoms with E-state index < -0.39 is 0 Å². The highest BCUT2D eigenvalue weighted by molar-refractivity contribution is 5.76. The third-order valence-electron chi connectivity index (χ3n) is 8.00. The van der Waals surface area contributed by atoms with Crippen LogP contribution in [-0.2, 0) is 16.1 Å². The van der Waals surface area contributed by atoms with Crippen molar-refractivity contribution in [3.8, 4) is 5.69 Å². The van der Waals surface area contributed by atoms with Crippen molar-refractivity contribution in [1.29, 1.82) is 0 Å². The van der Waals surface area contributed by atoms with Crippen molar-refractivity contribution in [3.63, 3.8) is 0 Å². The number of nitrogens with zero attached hydrogens (tertiary/aromatic N) is 5. The second-order valence-electron chi connectivity index (χ2n) is 10.5. The highest BCUT2D eigenvalue weighted by Crippen LogP contribution is 2.48. The summed E-state index contributed by atoms with van der Waals surface area (Å²) < 4.78 is 1.57. The number of anilines is 1. The Morgan fingerprint density at radius 1 is 1.05 bits per heavy atom. The molecule has 40 heavy (non-hydrogen) atoms. The Kier molecular flexibility index (Phi) is 11.6. The molecule has 2 aliphatic heterocycles. The van der Waals surface area contributed by atoms with Crippen molar-refractivity contribution < 1.29 is 14.7 Å². The zero-order valence-corrected chi connectivity index (χ0v) is 23.5. The summed E-state index contributed by atoms with van der Waals surface area (Å²) in [5.74, 6) is 0.596. The predicted molar refractivity (Wildman–Crippen MR) is 155 cm³/mol. The highest BCUT2D eigenvalue weighted by Gasteiger charge is 2.44. The summed E-state index contributed by atoms with van der Waals surface area (Å²) in [6.45, 7) is 5.43. The Bertz CT molecular complexity index is 1130. The highest BCUT2D eigenvalue weighted by atomic mass is 16.3. The van der Waals surface area contributed by atoms with E-state index in [1.54, 1.807) is 15.7 Å². The first-order chi connectivity index (χ1) is 19.4. The van der Waals surface area contributed by atoms with Gasteiger partial charge in [-0.25, -0.2) is 4.79 Å². The fourth-order valence-corrected chi connectivity index (χ4v) is 5.87. The molecule has 0 bridgehead atoms. The van der Waals surface area contributed by atoms with Gasteiger partial charge in [0.1, 0.15) is 5.82 Å². The number of piperidine rings is 1. The first kappa shape index (κ1) is 31.2. The molecule has 3 fully saturated rings. The second kappa shape index (κ2) is 14.9. The van der Waals surface area contributed by atoms with E-state index in [9.17, 15) is 9.59 Å². The Hall–Kier alpha value is -3.32. The molecule has 3 aliphatic rings. The van der Waals surface area contributed by atoms with Crippen LogP contribution in [0.25, 0.3) is 5.69 Å². The largest absolute Gasteiger partial charge is 0.396 e. The number of amides is 2. The summed E-state index contributed by atoms with van der Waals surface area (Å²) in [6, 6.07) is 10.4. The van der Waals surface area contributed by atoms with Crippen LogP contribution >= 0.6 is 0 Å². The molecule has 0 unspecified atom stereocenters. The van der Waals surface area contributed by atoms with Crippen LogP contribution in [0.5, 0.6) is 0 Å². The van der Waals surface area contributed by atoms with Crippen molar-refractivity contribution in [2.75, 3.05) is 57.8 Å². The average Bonchev–Trinajstić information content (AvgIpc) is 2.96. The van der Waals surface area contributed by atoms with Gasteiger partial charge in [-0.15, -0.1) is 0 Å². The van der Waals surface area contributed by atoms with Gasteiger partial charge in [0.05, 0.1) is 12.3 Å². The maximum absolute atomic E-state index is 12.8. The lowest BCUT2D eigenvalue weighted by molar-refractivity contribution is -0.132. The first-order valence-electron chi connectivity index (χ1n) is 13.9. The van der Waals surface area contributed by atoms with Crippen LogP contribution < -0.4 is 27.8 Å². The predicted octanol–water partition coefficient (Wildman–Crippen LogP) is -0.357. The Balaban J connectivity index is 0.000000827. The maximum atomic E-state index is 12.8. The summed E-state index contributed by atoms with van der Waals surface area (Å²) in [4.78, 5) is 43.9. The normalized spacial score (nSPS) is 18.6. The molecule has 1 aromatic carbocycles. The summed E-state index contributed by atoms with van der Waals surface area (Å²) in [6.07, 6.45) is 7.06. The summed E-state index contributed by atoms with van der Waals surface area (Å²) >= 11 is 0. The quantitative estimate of drug-likeness (QED) is 0.346. The fourth-order valence-electron chi connectivity index (χ4n) is 5.87. The molecule has 1 aliphatic carbocycles. The minimum atomic E-state index is -0.311. The lowest BCUT2D eigenvalue weighted by Gasteiger charge is -2.51. The topological polar surface area (TPSA) is 177 Å². The van der Waals surface area contributed by atoms with E-state index >= 15 is 0 Å². The van der Waals surface area contributed by atoms with Crippen LogP contribution in [-0.4, -0.2) is 95.7 Å². The molecule has 2 saturated heterocycles. The second-order valence-corrected chi connectivity index (χ2v) is 10.5. The van der Waals surface area contributed by atoms with E-state index in [1.165, 1.54) is 38.3 Å². The third kappa shape index (κ3) is 7.87. The van der Waals surface area contributed by atoms with Crippen LogP contribution in [0.1, 0.15) is 37.7 Å². The number of carbonyl (C=O) groups excluding carboxylic acids is 2. The monoisotopic (exact) mass is 556 g/mol. The molecular formula is C28H44N8O4. The molecule has 12 nitrogen and oxygen atoms in total. The number of primary amides is 1. The molecule has 2 aromatic rings. The lowest BCUT2D eigenvalue weighted by Crippen LogP contribution is -2.51. The van der Waals surface area contributed by atoms with Gasteiger partial charge >= 0.3 is 5.69 Å². The Labute approximate surface area is 235 Å². The van der Waals surface area contributed by atoms with Crippen molar-refractivity contribution in [2.45, 2.75) is 44.7 Å². The Morgan fingerprint density at radius 2 is 1.65 bits per heavy atom. The standard InChI is InChI=1S/C26H36N6O3.CH3NO.CH5N/c27-21-17-26(18-21)7-10-29(11-8-26)19-20-1-3-22(4-2-20)32-9-5-23(28-25(32)35)30-12-14-31(15-13-30)24(34)6-16-33;2-1-3;1-2/h1-5,9,21,33H,6-8,10-19,27H2;1H,(H2,2,3);2H2,1H3. The number of benzene rings is 1. The number of aromatic nitrogens is 2. The summed E-state index contributed by atoms with van der Waals surface area (Å²) in [7, 11) is 1.50. The number of hydrogen-bond acceptors (Lipinski definition) is 9. The fraction of sp³-hybridized carbons (Fsp3) is 0.571. The zero-order valence-electron chi connectivity index (χ0n) is 23.5. The van der Waals surface area contributed by atoms with Crippen LogP contribution in [0.4, 0.5) is 5.82 Å². The molecule has 220 valence electrons. The number of nitrogens with two attached hydrogens (primary N) is 3. The van der Waals surface area contributed by atoms with Gasteiger partial charge in [-0.2, -0.15) is 4.98 Å². The molecule has 1 aromatic heterocycles. The SMILES string of the molecule is CN.NC1CC2(CCN(Cc3ccc(-n4ccc(N5CCN(C(=O)CCO)CC5)nc4=O)cc3)CC2)C1.NC=O. The molecule has 2 amide bonds. The van der Waals surface area contributed by atoms with E-state index in [1.807, 2.05) is 23.1 Å². The molecule has 1 spiro atoms. The number of aliphatic hydroxyl groups is 1. The minimum Gasteiger partial charge on any atom is -0.396 e. The van der Waals surface area contributed by atoms with Gasteiger partial charge in [0.15, 0.2) is 0 Å². The van der Waals surface area contributed by atoms with Crippen molar-refractivity contribution in [3.05, 3.63) is 52.6 Å². The average molecular weight is 557 g/mol. The summed E-state index contributed by atoms with van der Waals surface area (Å²) in [5, 5.41) is 8.96. The van der Waals surface area contributed by atoms with Gasteiger partial charge in [0.2, 0.25) is 12.3 Å². The molecule has 0 radical (unpaired) electrons. The van der Waals surface area contributed by atoms with Gasteiger partial charge < -0.3 is 32.1 Å². The lowest BCUT2D eigenvalue weighted by atomic mass is 9.61. The van der Waals surface area contributed by atoms with Gasteiger partial charge in [-0.05, 0) is 75.0 Å². The number of likely N-dealkylation sites (tertiary alicyclic amines) is 1. The number of rotatable bonds is 6. The smallest absolute Gasteiger partial charge is 0.354 e. The molecule has 12 heteroatoms. The molecule has 0 atom stereocenters. The van der Waals surface area contributed by atoms with E-state index in [0.717, 1.165) is 25.3 Å². The first-order valence-corrected chi connectivity index (χ1v) is 13.9. The number of aliphatic hydroxyl groups excluding tert-OH is 1. The molecular weight excluding hydrogens is 512 g/mol. The van der Waals surface area contributed by atoms with E-state index in [2.05, 4.69) is 33.5 Å². The van der Waals surface area contributed by atoms with Crippen LogP contribution in [0, 0.1) is 5.41 Å². The van der Waals surface area contributed by atoms with Gasteiger partial charge in [0.25, 0.3) is 0 Å². The molecule has 5 rings (SSSR count). The zero-order chi connectivity index (χ0) is 29.1. The van der Waals surface area contributed by atoms with Gasteiger partial charge in [-0.1, -0.05) is 12.1 Å². The third-order valence-corrected chi connectivity index (χ3v) is 8.00. The minimum absolute atomic E-state index is 0.0359. The summed E-state index contributed by atoms with van der Waals surface area (Å²) in [5.41, 5.74) is 17.0. The van der Waals surface area contributed by atoms with Crippen LogP contribution in [0.15, 0.2) is 41.3 Å². The van der Waals surface area contributed by atoms with Gasteiger partial charge in [0, 0.05) is 51.4 Å². The Morgan fingerprint density at radius 3 is 2.17 bits per heavy atom. The van der Waals surface area contributed by atoms with Gasteiger partial charge in [-0.3, -0.25) is 19.1 Å². The molecule has 3 heterocycles. The number of carbonyl (C=O) groups is 2. The van der Waals surface area contributed by atoms with Crippen molar-refractivity contribution in [1.82, 2.24) is 19.4 Å². The molecule has 1 saturated carbocycles. The van der Waals surface area contributed by atoms with Crippen molar-refractivity contribution in [2.24, 2.45) is 22.6 Å². The maximum Gasteiger partial charge on any atom is 0.354 e.